The van der Waals surface area contributed by atoms with Crippen molar-refractivity contribution in [2.24, 2.45) is 0 Å². The highest BCUT2D eigenvalue weighted by atomic mass is 32.2. The molecule has 1 aliphatic heterocycles. The molecule has 0 radical (unpaired) electrons. The van der Waals surface area contributed by atoms with Crippen LogP contribution >= 0.6 is 0 Å². The Hall–Kier alpha value is -2.45. The second-order valence-electron chi connectivity index (χ2n) is 7.52. The molecule has 6 nitrogen and oxygen atoms in total. The van der Waals surface area contributed by atoms with Crippen LogP contribution in [0.15, 0.2) is 54.6 Å². The molecule has 8 heteroatoms. The van der Waals surface area contributed by atoms with Crippen LogP contribution < -0.4 is 4.31 Å². The summed E-state index contributed by atoms with van der Waals surface area (Å²) in [7, 11) is -3.85. The van der Waals surface area contributed by atoms with Gasteiger partial charge in [0.2, 0.25) is 15.9 Å². The van der Waals surface area contributed by atoms with Gasteiger partial charge < -0.3 is 4.90 Å². The number of nitrogens with zero attached hydrogens (tertiary/aromatic N) is 3. The lowest BCUT2D eigenvalue weighted by Gasteiger charge is -2.39. The van der Waals surface area contributed by atoms with E-state index in [1.54, 1.807) is 17.9 Å². The average molecular weight is 434 g/mol. The van der Waals surface area contributed by atoms with Gasteiger partial charge in [-0.25, -0.2) is 12.8 Å². The van der Waals surface area contributed by atoms with E-state index in [0.29, 0.717) is 26.2 Å². The van der Waals surface area contributed by atoms with Crippen molar-refractivity contribution >= 4 is 21.6 Å². The average Bonchev–Trinajstić information content (AvgIpc) is 2.73. The smallest absolute Gasteiger partial charge is 0.246 e. The van der Waals surface area contributed by atoms with Gasteiger partial charge in [0.15, 0.2) is 0 Å². The molecule has 30 heavy (non-hydrogen) atoms. The Morgan fingerprint density at radius 2 is 1.63 bits per heavy atom. The van der Waals surface area contributed by atoms with Gasteiger partial charge in [0.05, 0.1) is 11.9 Å². The summed E-state index contributed by atoms with van der Waals surface area (Å²) < 4.78 is 40.3. The van der Waals surface area contributed by atoms with Crippen molar-refractivity contribution in [3.63, 3.8) is 0 Å². The molecule has 0 N–H and O–H groups in total. The van der Waals surface area contributed by atoms with Crippen LogP contribution in [0, 0.1) is 5.82 Å². The summed E-state index contributed by atoms with van der Waals surface area (Å²) in [5.41, 5.74) is 1.12. The first-order valence-electron chi connectivity index (χ1n) is 10.1. The minimum Gasteiger partial charge on any atom is -0.338 e. The number of amides is 1. The van der Waals surface area contributed by atoms with Crippen LogP contribution in [0.25, 0.3) is 0 Å². The molecule has 0 spiro atoms. The first-order valence-corrected chi connectivity index (χ1v) is 11.9. The topological polar surface area (TPSA) is 60.9 Å². The lowest BCUT2D eigenvalue weighted by molar-refractivity contribution is -0.134. The third-order valence-corrected chi connectivity index (χ3v) is 6.50. The summed E-state index contributed by atoms with van der Waals surface area (Å²) in [6.45, 7) is 4.98. The molecule has 1 amide bonds. The van der Waals surface area contributed by atoms with Gasteiger partial charge in [-0.1, -0.05) is 49.4 Å². The fourth-order valence-corrected chi connectivity index (χ4v) is 5.03. The molecule has 2 aromatic carbocycles. The molecular weight excluding hydrogens is 405 g/mol. The van der Waals surface area contributed by atoms with Crippen molar-refractivity contribution < 1.29 is 17.6 Å². The summed E-state index contributed by atoms with van der Waals surface area (Å²) in [5, 5.41) is 0. The molecule has 3 rings (SSSR count). The largest absolute Gasteiger partial charge is 0.338 e. The van der Waals surface area contributed by atoms with Gasteiger partial charge >= 0.3 is 0 Å². The van der Waals surface area contributed by atoms with E-state index >= 15 is 0 Å². The maximum Gasteiger partial charge on any atom is 0.246 e. The van der Waals surface area contributed by atoms with Crippen LogP contribution in [0.4, 0.5) is 10.1 Å². The van der Waals surface area contributed by atoms with E-state index in [1.807, 2.05) is 18.2 Å². The van der Waals surface area contributed by atoms with E-state index in [0.717, 1.165) is 17.1 Å². The van der Waals surface area contributed by atoms with Gasteiger partial charge in [0.1, 0.15) is 11.9 Å². The minimum absolute atomic E-state index is 0.0945. The Morgan fingerprint density at radius 3 is 2.20 bits per heavy atom. The highest BCUT2D eigenvalue weighted by molar-refractivity contribution is 7.92. The van der Waals surface area contributed by atoms with E-state index in [-0.39, 0.29) is 18.0 Å². The van der Waals surface area contributed by atoms with Crippen LogP contribution in [0.5, 0.6) is 0 Å². The molecule has 1 fully saturated rings. The highest BCUT2D eigenvalue weighted by Gasteiger charge is 2.36. The lowest BCUT2D eigenvalue weighted by atomic mass is 10.1. The van der Waals surface area contributed by atoms with Crippen molar-refractivity contribution in [2.45, 2.75) is 25.9 Å². The SMILES string of the molecule is CCC(C(=O)N1CCN(Cc2ccccc2)CC1)N(c1ccccc1F)S(C)(=O)=O. The number of carbonyl (C=O) groups excluding carboxylic acids is 1. The van der Waals surface area contributed by atoms with Crippen LogP contribution in [0.3, 0.4) is 0 Å². The highest BCUT2D eigenvalue weighted by Crippen LogP contribution is 2.26. The van der Waals surface area contributed by atoms with E-state index in [1.165, 1.54) is 23.8 Å². The normalized spacial score (nSPS) is 16.3. The molecular formula is C22H28FN3O3S. The maximum absolute atomic E-state index is 14.4. The van der Waals surface area contributed by atoms with Gasteiger partial charge in [0.25, 0.3) is 0 Å². The molecule has 0 aliphatic carbocycles. The zero-order chi connectivity index (χ0) is 21.7. The summed E-state index contributed by atoms with van der Waals surface area (Å²) in [6.07, 6.45) is 1.26. The molecule has 0 aromatic heterocycles. The molecule has 2 aromatic rings. The summed E-state index contributed by atoms with van der Waals surface area (Å²) in [5.74, 6) is -0.951. The Balaban J connectivity index is 1.73. The number of hydrogen-bond acceptors (Lipinski definition) is 4. The molecule has 0 bridgehead atoms. The zero-order valence-electron chi connectivity index (χ0n) is 17.4. The molecule has 1 aliphatic rings. The van der Waals surface area contributed by atoms with E-state index in [9.17, 15) is 17.6 Å². The van der Waals surface area contributed by atoms with Gasteiger partial charge in [-0.3, -0.25) is 14.0 Å². The van der Waals surface area contributed by atoms with Gasteiger partial charge in [-0.2, -0.15) is 0 Å². The fraction of sp³-hybridized carbons (Fsp3) is 0.409. The van der Waals surface area contributed by atoms with Gasteiger partial charge in [-0.05, 0) is 24.1 Å². The number of anilines is 1. The lowest BCUT2D eigenvalue weighted by Crippen LogP contribution is -2.55. The Morgan fingerprint density at radius 1 is 1.03 bits per heavy atom. The van der Waals surface area contributed by atoms with E-state index < -0.39 is 21.9 Å². The second kappa shape index (κ2) is 9.57. The van der Waals surface area contributed by atoms with E-state index in [2.05, 4.69) is 17.0 Å². The predicted molar refractivity (Wildman–Crippen MR) is 116 cm³/mol. The molecule has 1 unspecified atom stereocenters. The monoisotopic (exact) mass is 433 g/mol. The number of halogens is 1. The molecule has 162 valence electrons. The van der Waals surface area contributed by atoms with Crippen LogP contribution in [0.1, 0.15) is 18.9 Å². The number of benzene rings is 2. The van der Waals surface area contributed by atoms with Crippen LogP contribution in [-0.4, -0.2) is 62.6 Å². The third-order valence-electron chi connectivity index (χ3n) is 5.33. The predicted octanol–water partition coefficient (Wildman–Crippen LogP) is 2.71. The Labute approximate surface area is 177 Å². The van der Waals surface area contributed by atoms with Crippen molar-refractivity contribution in [2.75, 3.05) is 36.7 Å². The van der Waals surface area contributed by atoms with Gasteiger partial charge in [0, 0.05) is 32.7 Å². The quantitative estimate of drug-likeness (QED) is 0.674. The minimum atomic E-state index is -3.85. The molecule has 0 saturated carbocycles. The van der Waals surface area contributed by atoms with Crippen molar-refractivity contribution in [3.8, 4) is 0 Å². The van der Waals surface area contributed by atoms with E-state index in [4.69, 9.17) is 0 Å². The van der Waals surface area contributed by atoms with Gasteiger partial charge in [-0.15, -0.1) is 0 Å². The summed E-state index contributed by atoms with van der Waals surface area (Å²) >= 11 is 0. The van der Waals surface area contributed by atoms with Crippen LogP contribution in [-0.2, 0) is 21.4 Å². The number of para-hydroxylation sites is 1. The number of sulfonamides is 1. The third kappa shape index (κ3) is 5.17. The Bertz CT molecular complexity index is 961. The Kier molecular flexibility index (Phi) is 7.10. The fourth-order valence-electron chi connectivity index (χ4n) is 3.83. The van der Waals surface area contributed by atoms with Crippen molar-refractivity contribution in [3.05, 3.63) is 66.0 Å². The molecule has 1 atom stereocenters. The first kappa shape index (κ1) is 22.2. The first-order chi connectivity index (χ1) is 14.3. The number of rotatable bonds is 7. The second-order valence-corrected chi connectivity index (χ2v) is 9.38. The van der Waals surface area contributed by atoms with Crippen molar-refractivity contribution in [1.82, 2.24) is 9.80 Å². The standard InChI is InChI=1S/C22H28FN3O3S/c1-3-20(26(30(2,28)29)21-12-8-7-11-19(21)23)22(27)25-15-13-24(14-16-25)17-18-9-5-4-6-10-18/h4-12,20H,3,13-17H2,1-2H3. The maximum atomic E-state index is 14.4. The summed E-state index contributed by atoms with van der Waals surface area (Å²) in [6, 6.07) is 14.8. The van der Waals surface area contributed by atoms with Crippen molar-refractivity contribution in [1.29, 1.82) is 0 Å². The number of carbonyl (C=O) groups is 1. The molecule has 1 saturated heterocycles. The number of hydrogen-bond donors (Lipinski definition) is 0. The summed E-state index contributed by atoms with van der Waals surface area (Å²) in [4.78, 5) is 17.2. The molecule has 1 heterocycles. The van der Waals surface area contributed by atoms with Crippen LogP contribution in [0.2, 0.25) is 0 Å². The zero-order valence-corrected chi connectivity index (χ0v) is 18.2. The number of piperazine rings is 1.